The zero-order valence-corrected chi connectivity index (χ0v) is 12.6. The van der Waals surface area contributed by atoms with Crippen molar-refractivity contribution in [2.75, 3.05) is 0 Å². The third-order valence-electron chi connectivity index (χ3n) is 3.35. The normalized spacial score (nSPS) is 11.4. The molecule has 0 saturated carbocycles. The van der Waals surface area contributed by atoms with Crippen LogP contribution in [0.15, 0.2) is 12.2 Å². The van der Waals surface area contributed by atoms with Crippen molar-refractivity contribution in [1.29, 1.82) is 0 Å². The van der Waals surface area contributed by atoms with Crippen LogP contribution >= 0.6 is 0 Å². The summed E-state index contributed by atoms with van der Waals surface area (Å²) in [6, 6.07) is 0. The van der Waals surface area contributed by atoms with Crippen LogP contribution in [0.1, 0.15) is 90.4 Å². The van der Waals surface area contributed by atoms with E-state index in [2.05, 4.69) is 32.4 Å². The standard InChI is InChI=1S/C18H34/c1-3-5-7-9-11-13-15-17-18-16-14-12-10-8-6-4-2/h14,17-18H,1,3-13,15-16H2,2H3/b18-17+. The van der Waals surface area contributed by atoms with Crippen LogP contribution in [0, 0.1) is 13.3 Å². The van der Waals surface area contributed by atoms with Crippen LogP contribution in [-0.4, -0.2) is 0 Å². The first kappa shape index (κ1) is 17.7. The maximum atomic E-state index is 3.87. The summed E-state index contributed by atoms with van der Waals surface area (Å²) in [5.41, 5.74) is 0. The molecule has 106 valence electrons. The van der Waals surface area contributed by atoms with Crippen LogP contribution in [-0.2, 0) is 0 Å². The van der Waals surface area contributed by atoms with Crippen molar-refractivity contribution in [3.63, 3.8) is 0 Å². The second-order valence-electron chi connectivity index (χ2n) is 5.26. The lowest BCUT2D eigenvalue weighted by atomic mass is 10.1. The molecule has 0 spiro atoms. The molecule has 0 rings (SSSR count). The van der Waals surface area contributed by atoms with E-state index in [1.54, 1.807) is 0 Å². The third-order valence-corrected chi connectivity index (χ3v) is 3.35. The fourth-order valence-electron chi connectivity index (χ4n) is 2.11. The Hall–Kier alpha value is -0.260. The minimum absolute atomic E-state index is 1.11. The van der Waals surface area contributed by atoms with E-state index in [0.717, 1.165) is 6.42 Å². The van der Waals surface area contributed by atoms with E-state index in [4.69, 9.17) is 0 Å². The monoisotopic (exact) mass is 250 g/mol. The average molecular weight is 250 g/mol. The smallest absolute Gasteiger partial charge is 0.0319 e. The summed E-state index contributed by atoms with van der Waals surface area (Å²) in [5.74, 6) is 0. The fourth-order valence-corrected chi connectivity index (χ4v) is 2.11. The molecule has 0 atom stereocenters. The Morgan fingerprint density at radius 1 is 0.722 bits per heavy atom. The molecule has 0 aliphatic rings. The Kier molecular flexibility index (Phi) is 16.5. The molecule has 0 N–H and O–H groups in total. The second kappa shape index (κ2) is 16.7. The molecule has 0 heteroatoms. The van der Waals surface area contributed by atoms with E-state index in [0.29, 0.717) is 0 Å². The van der Waals surface area contributed by atoms with Crippen LogP contribution in [0.4, 0.5) is 0 Å². The highest BCUT2D eigenvalue weighted by atomic mass is 14.0. The van der Waals surface area contributed by atoms with Gasteiger partial charge in [-0.05, 0) is 32.1 Å². The maximum absolute atomic E-state index is 3.87. The van der Waals surface area contributed by atoms with E-state index in [-0.39, 0.29) is 0 Å². The van der Waals surface area contributed by atoms with Crippen molar-refractivity contribution in [1.82, 2.24) is 0 Å². The van der Waals surface area contributed by atoms with Gasteiger partial charge in [0.1, 0.15) is 0 Å². The van der Waals surface area contributed by atoms with E-state index < -0.39 is 0 Å². The Morgan fingerprint density at radius 3 is 2.17 bits per heavy atom. The van der Waals surface area contributed by atoms with Gasteiger partial charge in [-0.3, -0.25) is 0 Å². The molecule has 0 amide bonds. The summed E-state index contributed by atoms with van der Waals surface area (Å²) in [5, 5.41) is 0. The van der Waals surface area contributed by atoms with Gasteiger partial charge >= 0.3 is 0 Å². The van der Waals surface area contributed by atoms with Crippen molar-refractivity contribution in [2.24, 2.45) is 0 Å². The van der Waals surface area contributed by atoms with Gasteiger partial charge in [-0.1, -0.05) is 83.8 Å². The SMILES string of the molecule is [CH2]CCCCCCC/C=C/C[CH]CCCCCC. The minimum Gasteiger partial charge on any atom is -0.0885 e. The quantitative estimate of drug-likeness (QED) is 0.238. The molecule has 0 fully saturated rings. The van der Waals surface area contributed by atoms with Crippen molar-refractivity contribution in [2.45, 2.75) is 90.4 Å². The molecule has 0 nitrogen and oxygen atoms in total. The highest BCUT2D eigenvalue weighted by molar-refractivity contribution is 4.86. The summed E-state index contributed by atoms with van der Waals surface area (Å²) in [6.45, 7) is 6.14. The summed E-state index contributed by atoms with van der Waals surface area (Å²) in [4.78, 5) is 0. The summed E-state index contributed by atoms with van der Waals surface area (Å²) >= 11 is 0. The molecule has 0 bridgehead atoms. The lowest BCUT2D eigenvalue weighted by Crippen LogP contribution is -1.79. The molecule has 0 aliphatic carbocycles. The molecule has 0 aromatic heterocycles. The van der Waals surface area contributed by atoms with Gasteiger partial charge in [-0.15, -0.1) is 0 Å². The molecule has 0 unspecified atom stereocenters. The summed E-state index contributed by atoms with van der Waals surface area (Å²) in [7, 11) is 0. The largest absolute Gasteiger partial charge is 0.0885 e. The molecular weight excluding hydrogens is 216 g/mol. The van der Waals surface area contributed by atoms with Crippen molar-refractivity contribution < 1.29 is 0 Å². The summed E-state index contributed by atoms with van der Waals surface area (Å²) in [6.07, 6.45) is 24.4. The Labute approximate surface area is 116 Å². The van der Waals surface area contributed by atoms with Crippen LogP contribution in [0.25, 0.3) is 0 Å². The average Bonchev–Trinajstić information content (AvgIpc) is 2.39. The second-order valence-corrected chi connectivity index (χ2v) is 5.26. The molecule has 0 saturated heterocycles. The van der Waals surface area contributed by atoms with Gasteiger partial charge < -0.3 is 0 Å². The first-order valence-electron chi connectivity index (χ1n) is 8.17. The topological polar surface area (TPSA) is 0 Å². The molecule has 18 heavy (non-hydrogen) atoms. The van der Waals surface area contributed by atoms with Crippen LogP contribution < -0.4 is 0 Å². The zero-order chi connectivity index (χ0) is 13.3. The first-order chi connectivity index (χ1) is 8.91. The van der Waals surface area contributed by atoms with Gasteiger partial charge in [0.25, 0.3) is 0 Å². The third kappa shape index (κ3) is 15.7. The maximum Gasteiger partial charge on any atom is -0.0319 e. The van der Waals surface area contributed by atoms with Crippen LogP contribution in [0.5, 0.6) is 0 Å². The predicted octanol–water partition coefficient (Wildman–Crippen LogP) is 6.67. The van der Waals surface area contributed by atoms with E-state index in [9.17, 15) is 0 Å². The molecule has 0 aromatic rings. The fraction of sp³-hybridized carbons (Fsp3) is 0.778. The highest BCUT2D eigenvalue weighted by Gasteiger charge is 1.89. The number of hydrogen-bond donors (Lipinski definition) is 0. The van der Waals surface area contributed by atoms with Gasteiger partial charge in [-0.25, -0.2) is 0 Å². The lowest BCUT2D eigenvalue weighted by molar-refractivity contribution is 0.621. The number of unbranched alkanes of at least 4 members (excludes halogenated alkanes) is 12. The van der Waals surface area contributed by atoms with Gasteiger partial charge in [0.05, 0.1) is 0 Å². The van der Waals surface area contributed by atoms with Crippen molar-refractivity contribution in [3.05, 3.63) is 25.5 Å². The molecule has 2 radical (unpaired) electrons. The highest BCUT2D eigenvalue weighted by Crippen LogP contribution is 2.09. The predicted molar refractivity (Wildman–Crippen MR) is 84.5 cm³/mol. The number of allylic oxidation sites excluding steroid dienone is 2. The molecule has 0 aromatic carbocycles. The summed E-state index contributed by atoms with van der Waals surface area (Å²) < 4.78 is 0. The lowest BCUT2D eigenvalue weighted by Gasteiger charge is -1.98. The van der Waals surface area contributed by atoms with E-state index in [1.807, 2.05) is 0 Å². The van der Waals surface area contributed by atoms with Gasteiger partial charge in [0, 0.05) is 0 Å². The van der Waals surface area contributed by atoms with Crippen LogP contribution in [0.3, 0.4) is 0 Å². The number of hydrogen-bond acceptors (Lipinski definition) is 0. The Balaban J connectivity index is 3.00. The van der Waals surface area contributed by atoms with E-state index >= 15 is 0 Å². The van der Waals surface area contributed by atoms with Gasteiger partial charge in [0.2, 0.25) is 0 Å². The van der Waals surface area contributed by atoms with Gasteiger partial charge in [0.15, 0.2) is 0 Å². The minimum atomic E-state index is 1.11. The van der Waals surface area contributed by atoms with E-state index in [1.165, 1.54) is 77.0 Å². The Morgan fingerprint density at radius 2 is 1.39 bits per heavy atom. The van der Waals surface area contributed by atoms with Gasteiger partial charge in [-0.2, -0.15) is 0 Å². The number of rotatable bonds is 14. The van der Waals surface area contributed by atoms with Crippen molar-refractivity contribution in [3.8, 4) is 0 Å². The Bertz CT molecular complexity index is 139. The molecule has 0 heterocycles. The molecular formula is C18H34. The zero-order valence-electron chi connectivity index (χ0n) is 12.6. The van der Waals surface area contributed by atoms with Crippen molar-refractivity contribution >= 4 is 0 Å². The first-order valence-corrected chi connectivity index (χ1v) is 8.17. The molecule has 0 aliphatic heterocycles. The van der Waals surface area contributed by atoms with Crippen LogP contribution in [0.2, 0.25) is 0 Å².